The first-order valence-corrected chi connectivity index (χ1v) is 5.13. The average molecular weight is 226 g/mol. The van der Waals surface area contributed by atoms with Gasteiger partial charge in [0.15, 0.2) is 0 Å². The maximum Gasteiger partial charge on any atom is 0.389 e. The quantitative estimate of drug-likeness (QED) is 0.780. The van der Waals surface area contributed by atoms with Crippen LogP contribution >= 0.6 is 0 Å². The van der Waals surface area contributed by atoms with Crippen LogP contribution in [0.15, 0.2) is 0 Å². The van der Waals surface area contributed by atoms with E-state index in [1.54, 1.807) is 0 Å². The molecule has 2 N–H and O–H groups in total. The summed E-state index contributed by atoms with van der Waals surface area (Å²) in [6, 6.07) is -0.459. The number of halogens is 3. The Morgan fingerprint density at radius 3 is 2.00 bits per heavy atom. The number of nitrogens with zero attached hydrogens (tertiary/aromatic N) is 1. The first-order valence-electron chi connectivity index (χ1n) is 5.13. The third-order valence-electron chi connectivity index (χ3n) is 3.28. The summed E-state index contributed by atoms with van der Waals surface area (Å²) < 4.78 is 36.1. The van der Waals surface area contributed by atoms with E-state index in [0.717, 1.165) is 6.42 Å². The third-order valence-corrected chi connectivity index (χ3v) is 3.28. The van der Waals surface area contributed by atoms with Crippen molar-refractivity contribution >= 4 is 0 Å². The van der Waals surface area contributed by atoms with Crippen molar-refractivity contribution in [1.29, 1.82) is 0 Å². The maximum absolute atomic E-state index is 12.0. The van der Waals surface area contributed by atoms with Crippen LogP contribution < -0.4 is 5.73 Å². The minimum absolute atomic E-state index is 0.0218. The molecule has 0 aromatic heterocycles. The van der Waals surface area contributed by atoms with Crippen molar-refractivity contribution in [2.24, 2.45) is 5.73 Å². The van der Waals surface area contributed by atoms with Crippen LogP contribution in [0.25, 0.3) is 0 Å². The van der Waals surface area contributed by atoms with Crippen LogP contribution in [0, 0.1) is 0 Å². The lowest BCUT2D eigenvalue weighted by atomic mass is 9.86. The van der Waals surface area contributed by atoms with Crippen LogP contribution in [0.2, 0.25) is 0 Å². The Hall–Kier alpha value is -0.290. The highest BCUT2D eigenvalue weighted by Gasteiger charge is 2.35. The molecule has 0 radical (unpaired) electrons. The van der Waals surface area contributed by atoms with Crippen molar-refractivity contribution in [3.63, 3.8) is 0 Å². The van der Waals surface area contributed by atoms with Crippen molar-refractivity contribution in [3.05, 3.63) is 0 Å². The summed E-state index contributed by atoms with van der Waals surface area (Å²) in [7, 11) is 3.69. The minimum atomic E-state index is -4.11. The first kappa shape index (κ1) is 14.7. The van der Waals surface area contributed by atoms with Gasteiger partial charge >= 0.3 is 6.18 Å². The summed E-state index contributed by atoms with van der Waals surface area (Å²) in [4.78, 5) is 1.90. The van der Waals surface area contributed by atoms with Crippen molar-refractivity contribution in [1.82, 2.24) is 4.90 Å². The summed E-state index contributed by atoms with van der Waals surface area (Å²) in [6.45, 7) is 3.83. The Balaban J connectivity index is 4.35. The van der Waals surface area contributed by atoms with Crippen LogP contribution in [0.3, 0.4) is 0 Å². The Morgan fingerprint density at radius 2 is 1.73 bits per heavy atom. The fourth-order valence-electron chi connectivity index (χ4n) is 1.54. The van der Waals surface area contributed by atoms with Gasteiger partial charge in [-0.25, -0.2) is 0 Å². The molecule has 0 rings (SSSR count). The molecule has 0 saturated carbocycles. The summed E-state index contributed by atoms with van der Waals surface area (Å²) in [6.07, 6.45) is -4.21. The van der Waals surface area contributed by atoms with Gasteiger partial charge in [0.1, 0.15) is 0 Å². The van der Waals surface area contributed by atoms with Crippen molar-refractivity contribution in [2.75, 3.05) is 14.1 Å². The van der Waals surface area contributed by atoms with E-state index in [2.05, 4.69) is 0 Å². The molecule has 0 amide bonds. The summed E-state index contributed by atoms with van der Waals surface area (Å²) >= 11 is 0. The zero-order chi connectivity index (χ0) is 12.3. The van der Waals surface area contributed by atoms with Crippen LogP contribution in [0.5, 0.6) is 0 Å². The second-order valence-corrected chi connectivity index (χ2v) is 4.37. The Kier molecular flexibility index (Phi) is 5.06. The Labute approximate surface area is 89.6 Å². The van der Waals surface area contributed by atoms with Gasteiger partial charge in [-0.2, -0.15) is 13.2 Å². The number of nitrogens with two attached hydrogens (primary N) is 1. The Morgan fingerprint density at radius 1 is 1.27 bits per heavy atom. The second kappa shape index (κ2) is 5.16. The van der Waals surface area contributed by atoms with Crippen LogP contribution in [-0.2, 0) is 0 Å². The van der Waals surface area contributed by atoms with Gasteiger partial charge in [0.25, 0.3) is 0 Å². The molecule has 0 spiro atoms. The normalized spacial score (nSPS) is 19.0. The van der Waals surface area contributed by atoms with Gasteiger partial charge in [0, 0.05) is 18.0 Å². The molecular formula is C10H21F3N2. The van der Waals surface area contributed by atoms with E-state index in [1.165, 1.54) is 0 Å². The molecule has 2 atom stereocenters. The highest BCUT2D eigenvalue weighted by Crippen LogP contribution is 2.27. The number of hydrogen-bond acceptors (Lipinski definition) is 2. The van der Waals surface area contributed by atoms with Gasteiger partial charge in [-0.1, -0.05) is 6.92 Å². The van der Waals surface area contributed by atoms with Crippen molar-refractivity contribution < 1.29 is 13.2 Å². The number of rotatable bonds is 5. The average Bonchev–Trinajstić information content (AvgIpc) is 2.11. The molecule has 0 heterocycles. The van der Waals surface area contributed by atoms with Gasteiger partial charge in [0.2, 0.25) is 0 Å². The molecular weight excluding hydrogens is 205 g/mol. The predicted molar refractivity (Wildman–Crippen MR) is 55.6 cm³/mol. The highest BCUT2D eigenvalue weighted by atomic mass is 19.4. The third kappa shape index (κ3) is 4.38. The minimum Gasteiger partial charge on any atom is -0.326 e. The van der Waals surface area contributed by atoms with E-state index in [4.69, 9.17) is 5.73 Å². The van der Waals surface area contributed by atoms with Crippen molar-refractivity contribution in [3.8, 4) is 0 Å². The molecule has 0 bridgehead atoms. The number of alkyl halides is 3. The van der Waals surface area contributed by atoms with E-state index in [9.17, 15) is 13.2 Å². The summed E-state index contributed by atoms with van der Waals surface area (Å²) in [5, 5.41) is 0. The van der Waals surface area contributed by atoms with Gasteiger partial charge in [-0.05, 0) is 33.9 Å². The molecule has 0 aromatic rings. The van der Waals surface area contributed by atoms with E-state index in [0.29, 0.717) is 0 Å². The lowest BCUT2D eigenvalue weighted by Crippen LogP contribution is -2.55. The summed E-state index contributed by atoms with van der Waals surface area (Å²) in [5.41, 5.74) is 5.46. The van der Waals surface area contributed by atoms with Crippen molar-refractivity contribution in [2.45, 2.75) is 50.9 Å². The monoisotopic (exact) mass is 226 g/mol. The lowest BCUT2D eigenvalue weighted by Gasteiger charge is -2.41. The molecule has 0 aliphatic heterocycles. The topological polar surface area (TPSA) is 29.3 Å². The summed E-state index contributed by atoms with van der Waals surface area (Å²) in [5.74, 6) is 0. The molecule has 2 unspecified atom stereocenters. The van der Waals surface area contributed by atoms with Crippen LogP contribution in [0.4, 0.5) is 13.2 Å². The predicted octanol–water partition coefficient (Wildman–Crippen LogP) is 2.39. The van der Waals surface area contributed by atoms with E-state index in [-0.39, 0.29) is 12.0 Å². The SMILES string of the molecule is CCC(C)(C(N)CCC(F)(F)F)N(C)C. The molecule has 0 aliphatic carbocycles. The number of hydrogen-bond donors (Lipinski definition) is 1. The van der Waals surface area contributed by atoms with Gasteiger partial charge in [-0.15, -0.1) is 0 Å². The van der Waals surface area contributed by atoms with E-state index in [1.807, 2.05) is 32.8 Å². The Bertz CT molecular complexity index is 192. The fraction of sp³-hybridized carbons (Fsp3) is 1.00. The molecule has 0 aliphatic rings. The fourth-order valence-corrected chi connectivity index (χ4v) is 1.54. The number of likely N-dealkylation sites (N-methyl/N-ethyl adjacent to an activating group) is 1. The standard InChI is InChI=1S/C10H21F3N2/c1-5-9(2,15(3)4)8(14)6-7-10(11,12)13/h8H,5-7,14H2,1-4H3. The van der Waals surface area contributed by atoms with E-state index < -0.39 is 18.6 Å². The van der Waals surface area contributed by atoms with Gasteiger partial charge in [-0.3, -0.25) is 0 Å². The van der Waals surface area contributed by atoms with Crippen LogP contribution in [0.1, 0.15) is 33.1 Å². The lowest BCUT2D eigenvalue weighted by molar-refractivity contribution is -0.137. The first-order chi connectivity index (χ1) is 6.63. The van der Waals surface area contributed by atoms with Gasteiger partial charge < -0.3 is 10.6 Å². The molecule has 92 valence electrons. The molecule has 15 heavy (non-hydrogen) atoms. The second-order valence-electron chi connectivity index (χ2n) is 4.37. The highest BCUT2D eigenvalue weighted by molar-refractivity contribution is 4.92. The zero-order valence-corrected chi connectivity index (χ0v) is 9.86. The molecule has 5 heteroatoms. The molecule has 0 fully saturated rings. The molecule has 0 saturated heterocycles. The van der Waals surface area contributed by atoms with Crippen LogP contribution in [-0.4, -0.2) is 36.8 Å². The molecule has 2 nitrogen and oxygen atoms in total. The zero-order valence-electron chi connectivity index (χ0n) is 9.86. The van der Waals surface area contributed by atoms with Gasteiger partial charge in [0.05, 0.1) is 0 Å². The maximum atomic E-state index is 12.0. The largest absolute Gasteiger partial charge is 0.389 e. The van der Waals surface area contributed by atoms with E-state index >= 15 is 0 Å². The smallest absolute Gasteiger partial charge is 0.326 e. The molecule has 0 aromatic carbocycles.